The first-order valence-corrected chi connectivity index (χ1v) is 8.23. The molecule has 1 saturated heterocycles. The fraction of sp³-hybridized carbons (Fsp3) is 0.412. The number of benzene rings is 1. The van der Waals surface area contributed by atoms with Crippen LogP contribution in [0.5, 0.6) is 0 Å². The van der Waals surface area contributed by atoms with Gasteiger partial charge in [0.05, 0.1) is 17.7 Å². The van der Waals surface area contributed by atoms with Gasteiger partial charge in [-0.2, -0.15) is 26.3 Å². The highest BCUT2D eigenvalue weighted by Gasteiger charge is 2.74. The minimum absolute atomic E-state index is 0.0615. The number of carboxylic acid groups (broad SMARTS) is 1. The fourth-order valence-corrected chi connectivity index (χ4v) is 2.55. The number of alkyl halides is 6. The van der Waals surface area contributed by atoms with E-state index < -0.39 is 65.5 Å². The molecule has 31 heavy (non-hydrogen) atoms. The molecule has 8 nitrogen and oxygen atoms in total. The minimum Gasteiger partial charge on any atom is -0.550 e. The zero-order valence-corrected chi connectivity index (χ0v) is 15.0. The molecule has 0 saturated carbocycles. The Kier molecular flexibility index (Phi) is 6.52. The number of hydrogen-bond donors (Lipinski definition) is 0. The standard InChI is InChI=1S/C17H12F6O8/c18-16(19,20)15(7-11(24)25,17(21,22)23)31-13(27)9-4-2-1-3-8(9)12(26)30-10-5-6-29-14(10)28/h1-4,10H,5-7H2,(H,24,25)/p-1. The van der Waals surface area contributed by atoms with Crippen LogP contribution in [-0.4, -0.2) is 54.5 Å². The van der Waals surface area contributed by atoms with Gasteiger partial charge in [-0.1, -0.05) is 12.1 Å². The van der Waals surface area contributed by atoms with Crippen molar-refractivity contribution in [2.75, 3.05) is 6.61 Å². The van der Waals surface area contributed by atoms with Crippen molar-refractivity contribution in [2.24, 2.45) is 0 Å². The van der Waals surface area contributed by atoms with E-state index in [0.717, 1.165) is 18.2 Å². The van der Waals surface area contributed by atoms with Gasteiger partial charge < -0.3 is 24.1 Å². The molecular weight excluding hydrogens is 446 g/mol. The quantitative estimate of drug-likeness (QED) is 0.357. The van der Waals surface area contributed by atoms with Crippen molar-refractivity contribution in [2.45, 2.75) is 36.9 Å². The number of halogens is 6. The van der Waals surface area contributed by atoms with Crippen molar-refractivity contribution < 1.29 is 64.8 Å². The van der Waals surface area contributed by atoms with E-state index in [1.807, 2.05) is 0 Å². The van der Waals surface area contributed by atoms with Crippen LogP contribution in [0.25, 0.3) is 0 Å². The van der Waals surface area contributed by atoms with E-state index in [2.05, 4.69) is 9.47 Å². The Balaban J connectivity index is 2.42. The summed E-state index contributed by atoms with van der Waals surface area (Å²) in [6.07, 6.45) is -17.0. The van der Waals surface area contributed by atoms with E-state index in [1.165, 1.54) is 0 Å². The number of esters is 3. The SMILES string of the molecule is O=C([O-])CC(OC(=O)c1ccccc1C(=O)OC1CCOC1=O)(C(F)(F)F)C(F)(F)F. The molecule has 1 aliphatic heterocycles. The van der Waals surface area contributed by atoms with Crippen molar-refractivity contribution in [1.29, 1.82) is 0 Å². The van der Waals surface area contributed by atoms with Gasteiger partial charge in [-0.3, -0.25) is 0 Å². The third-order valence-electron chi connectivity index (χ3n) is 4.08. The summed E-state index contributed by atoms with van der Waals surface area (Å²) in [5.41, 5.74) is -7.35. The second-order valence-corrected chi connectivity index (χ2v) is 6.16. The van der Waals surface area contributed by atoms with Crippen LogP contribution in [0.3, 0.4) is 0 Å². The van der Waals surface area contributed by atoms with Crippen LogP contribution in [0.1, 0.15) is 33.6 Å². The van der Waals surface area contributed by atoms with Crippen molar-refractivity contribution in [3.8, 4) is 0 Å². The second kappa shape index (κ2) is 8.43. The molecule has 0 aromatic heterocycles. The van der Waals surface area contributed by atoms with Crippen LogP contribution in [-0.2, 0) is 23.8 Å². The first kappa shape index (κ1) is 24.0. The van der Waals surface area contributed by atoms with Gasteiger partial charge in [0.1, 0.15) is 0 Å². The highest BCUT2D eigenvalue weighted by molar-refractivity contribution is 6.04. The Hall–Kier alpha value is -3.32. The third kappa shape index (κ3) is 4.88. The van der Waals surface area contributed by atoms with Gasteiger partial charge in [-0.25, -0.2) is 14.4 Å². The van der Waals surface area contributed by atoms with E-state index >= 15 is 0 Å². The molecule has 2 rings (SSSR count). The third-order valence-corrected chi connectivity index (χ3v) is 4.08. The Morgan fingerprint density at radius 3 is 1.94 bits per heavy atom. The highest BCUT2D eigenvalue weighted by Crippen LogP contribution is 2.48. The molecule has 0 amide bonds. The maximum atomic E-state index is 13.2. The molecule has 0 N–H and O–H groups in total. The van der Waals surface area contributed by atoms with Gasteiger partial charge in [-0.05, 0) is 12.1 Å². The summed E-state index contributed by atoms with van der Waals surface area (Å²) >= 11 is 0. The molecule has 1 atom stereocenters. The Labute approximate surface area is 168 Å². The van der Waals surface area contributed by atoms with E-state index in [0.29, 0.717) is 6.07 Å². The van der Waals surface area contributed by atoms with Crippen LogP contribution >= 0.6 is 0 Å². The summed E-state index contributed by atoms with van der Waals surface area (Å²) in [5.74, 6) is -7.47. The molecule has 1 unspecified atom stereocenters. The van der Waals surface area contributed by atoms with Crippen molar-refractivity contribution in [3.63, 3.8) is 0 Å². The highest BCUT2D eigenvalue weighted by atomic mass is 19.4. The number of carbonyl (C=O) groups is 4. The van der Waals surface area contributed by atoms with Crippen LogP contribution < -0.4 is 5.11 Å². The summed E-state index contributed by atoms with van der Waals surface area (Å²) < 4.78 is 92.4. The Morgan fingerprint density at radius 1 is 1.00 bits per heavy atom. The molecule has 0 spiro atoms. The van der Waals surface area contributed by atoms with Gasteiger partial charge in [0.15, 0.2) is 0 Å². The van der Waals surface area contributed by atoms with Crippen LogP contribution in [0.15, 0.2) is 24.3 Å². The molecule has 1 aromatic carbocycles. The number of aliphatic carboxylic acids is 1. The van der Waals surface area contributed by atoms with Gasteiger partial charge in [0, 0.05) is 18.8 Å². The predicted molar refractivity (Wildman–Crippen MR) is 81.1 cm³/mol. The summed E-state index contributed by atoms with van der Waals surface area (Å²) in [6.45, 7) is -0.0939. The number of rotatable bonds is 6. The number of ether oxygens (including phenoxy) is 3. The van der Waals surface area contributed by atoms with Gasteiger partial charge >= 0.3 is 35.9 Å². The summed E-state index contributed by atoms with van der Waals surface area (Å²) in [5, 5.41) is 10.6. The lowest BCUT2D eigenvalue weighted by molar-refractivity contribution is -0.377. The molecule has 1 fully saturated rings. The van der Waals surface area contributed by atoms with Gasteiger partial charge in [0.2, 0.25) is 6.10 Å². The second-order valence-electron chi connectivity index (χ2n) is 6.16. The lowest BCUT2D eigenvalue weighted by atomic mass is 9.97. The Bertz CT molecular complexity index is 877. The molecule has 170 valence electrons. The van der Waals surface area contributed by atoms with Gasteiger partial charge in [0.25, 0.3) is 0 Å². The lowest BCUT2D eigenvalue weighted by Crippen LogP contribution is -2.61. The zero-order valence-electron chi connectivity index (χ0n) is 15.0. The molecule has 0 aliphatic carbocycles. The molecule has 1 aromatic rings. The molecule has 14 heteroatoms. The number of hydrogen-bond acceptors (Lipinski definition) is 8. The number of cyclic esters (lactones) is 1. The topological polar surface area (TPSA) is 119 Å². The smallest absolute Gasteiger partial charge is 0.437 e. The summed E-state index contributed by atoms with van der Waals surface area (Å²) in [6, 6.07) is 3.56. The van der Waals surface area contributed by atoms with E-state index in [9.17, 15) is 50.6 Å². The zero-order chi connectivity index (χ0) is 23.6. The molecular formula is C17H11F6O8-. The number of carbonyl (C=O) groups excluding carboxylic acids is 4. The van der Waals surface area contributed by atoms with Gasteiger partial charge in [-0.15, -0.1) is 0 Å². The van der Waals surface area contributed by atoms with Crippen LogP contribution in [0.2, 0.25) is 0 Å². The predicted octanol–water partition coefficient (Wildman–Crippen LogP) is 1.32. The van der Waals surface area contributed by atoms with Crippen LogP contribution in [0, 0.1) is 0 Å². The van der Waals surface area contributed by atoms with Crippen molar-refractivity contribution in [1.82, 2.24) is 0 Å². The maximum Gasteiger partial charge on any atom is 0.437 e. The molecule has 0 radical (unpaired) electrons. The lowest BCUT2D eigenvalue weighted by Gasteiger charge is -2.36. The number of carboxylic acids is 1. The monoisotopic (exact) mass is 457 g/mol. The molecule has 1 heterocycles. The van der Waals surface area contributed by atoms with E-state index in [1.54, 1.807) is 0 Å². The van der Waals surface area contributed by atoms with Crippen LogP contribution in [0.4, 0.5) is 26.3 Å². The first-order chi connectivity index (χ1) is 14.2. The minimum atomic E-state index is -6.40. The summed E-state index contributed by atoms with van der Waals surface area (Å²) in [7, 11) is 0. The average Bonchev–Trinajstić information content (AvgIpc) is 3.03. The normalized spacial score (nSPS) is 17.1. The molecule has 0 bridgehead atoms. The maximum absolute atomic E-state index is 13.2. The molecule has 1 aliphatic rings. The largest absolute Gasteiger partial charge is 0.550 e. The van der Waals surface area contributed by atoms with Crippen molar-refractivity contribution in [3.05, 3.63) is 35.4 Å². The van der Waals surface area contributed by atoms with E-state index in [4.69, 9.17) is 4.74 Å². The fourth-order valence-electron chi connectivity index (χ4n) is 2.55. The van der Waals surface area contributed by atoms with Crippen molar-refractivity contribution >= 4 is 23.9 Å². The average molecular weight is 457 g/mol. The van der Waals surface area contributed by atoms with E-state index in [-0.39, 0.29) is 13.0 Å². The Morgan fingerprint density at radius 2 is 1.52 bits per heavy atom. The first-order valence-electron chi connectivity index (χ1n) is 8.23. The summed E-state index contributed by atoms with van der Waals surface area (Å²) in [4.78, 5) is 46.4.